The third-order valence-electron chi connectivity index (χ3n) is 4.38. The Kier molecular flexibility index (Phi) is 4.14. The normalized spacial score (nSPS) is 14.3. The van der Waals surface area contributed by atoms with Crippen molar-refractivity contribution in [3.63, 3.8) is 0 Å². The summed E-state index contributed by atoms with van der Waals surface area (Å²) < 4.78 is 29.6. The van der Waals surface area contributed by atoms with Gasteiger partial charge in [-0.1, -0.05) is 0 Å². The summed E-state index contributed by atoms with van der Waals surface area (Å²) in [7, 11) is 0. The third-order valence-corrected chi connectivity index (χ3v) is 4.38. The predicted molar refractivity (Wildman–Crippen MR) is 89.0 cm³/mol. The molecule has 0 unspecified atom stereocenters. The standard InChI is InChI=1S/C17H18F2N6O/c1-2-24-6-5-11(22-24)9-20-17(26)13-8-15-21-12(10-3-4-10)7-14(16(18)19)25(15)23-13/h5-8,10,16H,2-4,9H2,1H3,(H,20,26). The minimum absolute atomic E-state index is 0.0577. The first kappa shape index (κ1) is 16.6. The lowest BCUT2D eigenvalue weighted by Crippen LogP contribution is -2.23. The molecule has 1 amide bonds. The van der Waals surface area contributed by atoms with Crippen LogP contribution in [0.1, 0.15) is 59.7 Å². The molecule has 0 spiro atoms. The molecule has 1 aliphatic rings. The molecule has 26 heavy (non-hydrogen) atoms. The average Bonchev–Trinajstić information content (AvgIpc) is 3.22. The number of aryl methyl sites for hydroxylation is 1. The van der Waals surface area contributed by atoms with E-state index in [1.165, 1.54) is 12.1 Å². The maximum atomic E-state index is 13.4. The maximum Gasteiger partial charge on any atom is 0.280 e. The van der Waals surface area contributed by atoms with Crippen molar-refractivity contribution >= 4 is 11.6 Å². The fourth-order valence-corrected chi connectivity index (χ4v) is 2.81. The number of hydrogen-bond donors (Lipinski definition) is 1. The van der Waals surface area contributed by atoms with E-state index in [-0.39, 0.29) is 29.5 Å². The number of nitrogens with zero attached hydrogens (tertiary/aromatic N) is 5. The summed E-state index contributed by atoms with van der Waals surface area (Å²) in [5, 5.41) is 11.0. The molecular formula is C17H18F2N6O. The number of carbonyl (C=O) groups excluding carboxylic acids is 1. The zero-order valence-corrected chi connectivity index (χ0v) is 14.2. The number of amides is 1. The van der Waals surface area contributed by atoms with Gasteiger partial charge in [0, 0.05) is 30.4 Å². The van der Waals surface area contributed by atoms with E-state index in [4.69, 9.17) is 0 Å². The minimum atomic E-state index is -2.69. The molecule has 3 heterocycles. The largest absolute Gasteiger partial charge is 0.345 e. The molecule has 0 atom stereocenters. The lowest BCUT2D eigenvalue weighted by molar-refractivity contribution is 0.0944. The van der Waals surface area contributed by atoms with Crippen molar-refractivity contribution in [3.05, 3.63) is 47.2 Å². The zero-order chi connectivity index (χ0) is 18.3. The van der Waals surface area contributed by atoms with E-state index in [1.54, 1.807) is 4.68 Å². The maximum absolute atomic E-state index is 13.4. The third kappa shape index (κ3) is 3.16. The van der Waals surface area contributed by atoms with Crippen molar-refractivity contribution in [3.8, 4) is 0 Å². The summed E-state index contributed by atoms with van der Waals surface area (Å²) >= 11 is 0. The minimum Gasteiger partial charge on any atom is -0.345 e. The Morgan fingerprint density at radius 1 is 1.35 bits per heavy atom. The van der Waals surface area contributed by atoms with Crippen molar-refractivity contribution < 1.29 is 13.6 Å². The lowest BCUT2D eigenvalue weighted by atomic mass is 10.2. The Morgan fingerprint density at radius 3 is 2.81 bits per heavy atom. The van der Waals surface area contributed by atoms with Crippen molar-refractivity contribution in [2.45, 2.75) is 45.2 Å². The molecule has 0 aliphatic heterocycles. The first-order chi connectivity index (χ1) is 12.5. The van der Waals surface area contributed by atoms with Crippen LogP contribution in [0.25, 0.3) is 5.65 Å². The number of halogens is 2. The SMILES string of the molecule is CCn1ccc(CNC(=O)c2cc3nc(C4CC4)cc(C(F)F)n3n2)n1. The molecule has 136 valence electrons. The van der Waals surface area contributed by atoms with Crippen LogP contribution in [0.2, 0.25) is 0 Å². The van der Waals surface area contributed by atoms with Gasteiger partial charge in [-0.3, -0.25) is 9.48 Å². The molecule has 1 aliphatic carbocycles. The lowest BCUT2D eigenvalue weighted by Gasteiger charge is -2.06. The van der Waals surface area contributed by atoms with E-state index < -0.39 is 12.3 Å². The van der Waals surface area contributed by atoms with E-state index in [0.29, 0.717) is 11.4 Å². The van der Waals surface area contributed by atoms with E-state index in [9.17, 15) is 13.6 Å². The van der Waals surface area contributed by atoms with Crippen molar-refractivity contribution in [2.75, 3.05) is 0 Å². The van der Waals surface area contributed by atoms with Gasteiger partial charge in [0.2, 0.25) is 0 Å². The number of aromatic nitrogens is 5. The summed E-state index contributed by atoms with van der Waals surface area (Å²) in [6, 6.07) is 4.64. The Labute approximate surface area is 148 Å². The Morgan fingerprint density at radius 2 is 2.15 bits per heavy atom. The molecule has 0 radical (unpaired) electrons. The summed E-state index contributed by atoms with van der Waals surface area (Å²) in [5.41, 5.74) is 1.45. The van der Waals surface area contributed by atoms with Crippen molar-refractivity contribution in [1.29, 1.82) is 0 Å². The smallest absolute Gasteiger partial charge is 0.280 e. The molecule has 1 fully saturated rings. The molecule has 3 aromatic rings. The van der Waals surface area contributed by atoms with Gasteiger partial charge in [-0.15, -0.1) is 0 Å². The summed E-state index contributed by atoms with van der Waals surface area (Å²) in [6.45, 7) is 2.95. The molecular weight excluding hydrogens is 342 g/mol. The molecule has 0 aromatic carbocycles. The number of nitrogens with one attached hydrogen (secondary N) is 1. The van der Waals surface area contributed by atoms with E-state index in [1.807, 2.05) is 19.2 Å². The first-order valence-electron chi connectivity index (χ1n) is 8.54. The summed E-state index contributed by atoms with van der Waals surface area (Å²) in [5.74, 6) is -0.215. The highest BCUT2D eigenvalue weighted by molar-refractivity contribution is 5.93. The number of rotatable bonds is 6. The average molecular weight is 360 g/mol. The molecule has 0 saturated heterocycles. The molecule has 3 aromatic heterocycles. The molecule has 4 rings (SSSR count). The Bertz CT molecular complexity index is 959. The van der Waals surface area contributed by atoms with Crippen LogP contribution in [0, 0.1) is 0 Å². The highest BCUT2D eigenvalue weighted by atomic mass is 19.3. The zero-order valence-electron chi connectivity index (χ0n) is 14.2. The highest BCUT2D eigenvalue weighted by Crippen LogP contribution is 2.40. The van der Waals surface area contributed by atoms with Gasteiger partial charge in [0.1, 0.15) is 5.69 Å². The van der Waals surface area contributed by atoms with E-state index in [2.05, 4.69) is 20.5 Å². The van der Waals surface area contributed by atoms with Crippen molar-refractivity contribution in [1.82, 2.24) is 29.7 Å². The fourth-order valence-electron chi connectivity index (χ4n) is 2.81. The Balaban J connectivity index is 1.57. The van der Waals surface area contributed by atoms with Crippen LogP contribution in [0.3, 0.4) is 0 Å². The van der Waals surface area contributed by atoms with Crippen LogP contribution in [-0.2, 0) is 13.1 Å². The van der Waals surface area contributed by atoms with Gasteiger partial charge in [0.15, 0.2) is 11.3 Å². The van der Waals surface area contributed by atoms with Crippen LogP contribution < -0.4 is 5.32 Å². The number of carbonyl (C=O) groups is 1. The van der Waals surface area contributed by atoms with Crippen LogP contribution in [0.15, 0.2) is 24.4 Å². The molecule has 9 heteroatoms. The highest BCUT2D eigenvalue weighted by Gasteiger charge is 2.28. The van der Waals surface area contributed by atoms with Crippen LogP contribution in [0.5, 0.6) is 0 Å². The predicted octanol–water partition coefficient (Wildman–Crippen LogP) is 2.69. The van der Waals surface area contributed by atoms with Gasteiger partial charge in [0.05, 0.1) is 12.2 Å². The van der Waals surface area contributed by atoms with Gasteiger partial charge in [-0.05, 0) is 31.9 Å². The van der Waals surface area contributed by atoms with Crippen LogP contribution in [0.4, 0.5) is 8.78 Å². The topological polar surface area (TPSA) is 77.1 Å². The van der Waals surface area contributed by atoms with Gasteiger partial charge < -0.3 is 5.32 Å². The van der Waals surface area contributed by atoms with E-state index >= 15 is 0 Å². The molecule has 0 bridgehead atoms. The van der Waals surface area contributed by atoms with Gasteiger partial charge in [-0.2, -0.15) is 10.2 Å². The van der Waals surface area contributed by atoms with Gasteiger partial charge >= 0.3 is 0 Å². The quantitative estimate of drug-likeness (QED) is 0.733. The van der Waals surface area contributed by atoms with Gasteiger partial charge in [0.25, 0.3) is 12.3 Å². The number of alkyl halides is 2. The second-order valence-corrected chi connectivity index (χ2v) is 6.33. The van der Waals surface area contributed by atoms with Crippen molar-refractivity contribution in [2.24, 2.45) is 0 Å². The summed E-state index contributed by atoms with van der Waals surface area (Å²) in [4.78, 5) is 16.7. The van der Waals surface area contributed by atoms with Crippen LogP contribution >= 0.6 is 0 Å². The second-order valence-electron chi connectivity index (χ2n) is 6.33. The van der Waals surface area contributed by atoms with E-state index in [0.717, 1.165) is 23.9 Å². The second kappa shape index (κ2) is 6.47. The summed E-state index contributed by atoms with van der Waals surface area (Å²) in [6.07, 6.45) is 1.05. The molecule has 1 N–H and O–H groups in total. The fraction of sp³-hybridized carbons (Fsp3) is 0.412. The van der Waals surface area contributed by atoms with Gasteiger partial charge in [-0.25, -0.2) is 18.3 Å². The monoisotopic (exact) mass is 360 g/mol. The Hall–Kier alpha value is -2.84. The van der Waals surface area contributed by atoms with Crippen LogP contribution in [-0.4, -0.2) is 30.3 Å². The molecule has 1 saturated carbocycles. The molecule has 7 nitrogen and oxygen atoms in total. The number of hydrogen-bond acceptors (Lipinski definition) is 4. The first-order valence-corrected chi connectivity index (χ1v) is 8.54. The number of fused-ring (bicyclic) bond motifs is 1.